The van der Waals surface area contributed by atoms with Crippen molar-refractivity contribution < 1.29 is 9.59 Å². The van der Waals surface area contributed by atoms with Gasteiger partial charge >= 0.3 is 0 Å². The van der Waals surface area contributed by atoms with Gasteiger partial charge in [-0.15, -0.1) is 10.2 Å². The van der Waals surface area contributed by atoms with Crippen LogP contribution in [0.15, 0.2) is 53.7 Å². The summed E-state index contributed by atoms with van der Waals surface area (Å²) < 4.78 is 1.38. The lowest BCUT2D eigenvalue weighted by atomic mass is 10.1. The fourth-order valence-corrected chi connectivity index (χ4v) is 4.37. The predicted octanol–water partition coefficient (Wildman–Crippen LogP) is 3.37. The zero-order chi connectivity index (χ0) is 22.5. The molecule has 8 nitrogen and oxygen atoms in total. The summed E-state index contributed by atoms with van der Waals surface area (Å²) in [5.74, 6) is 6.34. The minimum Gasteiger partial charge on any atom is -0.349 e. The van der Waals surface area contributed by atoms with Gasteiger partial charge in [-0.05, 0) is 31.9 Å². The highest BCUT2D eigenvalue weighted by Crippen LogP contribution is 2.23. The van der Waals surface area contributed by atoms with Crippen LogP contribution in [0, 0.1) is 6.92 Å². The standard InChI is InChI=1S/C23H26N6O2S/c1-15-10-12-16(13-11-15)21-27-28-23(29(21)24)32-14-20(30)26-19-9-5-4-8-18(19)22(31)25-17-6-2-3-7-17/h4-5,8-13,17H,2-3,6-7,14,24H2,1H3,(H,25,31)(H,26,30). The molecule has 1 saturated carbocycles. The monoisotopic (exact) mass is 450 g/mol. The molecule has 1 aliphatic carbocycles. The number of aryl methyl sites for hydroxylation is 1. The molecule has 0 spiro atoms. The number of para-hydroxylation sites is 1. The van der Waals surface area contributed by atoms with E-state index >= 15 is 0 Å². The lowest BCUT2D eigenvalue weighted by molar-refractivity contribution is -0.113. The molecule has 32 heavy (non-hydrogen) atoms. The van der Waals surface area contributed by atoms with Crippen LogP contribution in [-0.2, 0) is 4.79 Å². The topological polar surface area (TPSA) is 115 Å². The summed E-state index contributed by atoms with van der Waals surface area (Å²) in [4.78, 5) is 25.2. The first-order valence-corrected chi connectivity index (χ1v) is 11.6. The third-order valence-electron chi connectivity index (χ3n) is 5.44. The van der Waals surface area contributed by atoms with Gasteiger partial charge in [-0.1, -0.05) is 66.6 Å². The van der Waals surface area contributed by atoms with E-state index in [0.29, 0.717) is 22.2 Å². The van der Waals surface area contributed by atoms with Gasteiger partial charge in [-0.3, -0.25) is 9.59 Å². The van der Waals surface area contributed by atoms with E-state index in [2.05, 4.69) is 20.8 Å². The van der Waals surface area contributed by atoms with E-state index in [0.717, 1.165) is 36.8 Å². The number of hydrogen-bond donors (Lipinski definition) is 3. The van der Waals surface area contributed by atoms with Crippen molar-refractivity contribution >= 4 is 29.3 Å². The molecular formula is C23H26N6O2S. The summed E-state index contributed by atoms with van der Waals surface area (Å²) in [5, 5.41) is 14.6. The Kier molecular flexibility index (Phi) is 6.75. The first kappa shape index (κ1) is 21.9. The van der Waals surface area contributed by atoms with Crippen LogP contribution in [0.1, 0.15) is 41.6 Å². The van der Waals surface area contributed by atoms with Gasteiger partial charge in [0.2, 0.25) is 11.1 Å². The van der Waals surface area contributed by atoms with Crippen LogP contribution in [0.2, 0.25) is 0 Å². The van der Waals surface area contributed by atoms with Crippen LogP contribution in [0.25, 0.3) is 11.4 Å². The summed E-state index contributed by atoms with van der Waals surface area (Å²) >= 11 is 1.19. The van der Waals surface area contributed by atoms with Crippen molar-refractivity contribution in [3.63, 3.8) is 0 Å². The normalized spacial score (nSPS) is 13.8. The number of anilines is 1. The molecule has 0 aliphatic heterocycles. The zero-order valence-electron chi connectivity index (χ0n) is 17.9. The molecule has 0 bridgehead atoms. The lowest BCUT2D eigenvalue weighted by Crippen LogP contribution is -2.33. The Morgan fingerprint density at radius 2 is 1.81 bits per heavy atom. The maximum atomic E-state index is 12.7. The van der Waals surface area contributed by atoms with E-state index in [4.69, 9.17) is 5.84 Å². The van der Waals surface area contributed by atoms with E-state index < -0.39 is 0 Å². The summed E-state index contributed by atoms with van der Waals surface area (Å²) in [6, 6.07) is 15.0. The molecule has 2 amide bonds. The number of nitrogens with zero attached hydrogens (tertiary/aromatic N) is 3. The average Bonchev–Trinajstić information content (AvgIpc) is 3.43. The number of amides is 2. The minimum absolute atomic E-state index is 0.0851. The second-order valence-corrected chi connectivity index (χ2v) is 8.82. The molecule has 3 aromatic rings. The van der Waals surface area contributed by atoms with Crippen LogP contribution in [-0.4, -0.2) is 38.5 Å². The molecule has 1 aromatic heterocycles. The third kappa shape index (κ3) is 5.11. The van der Waals surface area contributed by atoms with E-state index in [1.165, 1.54) is 16.4 Å². The summed E-state index contributed by atoms with van der Waals surface area (Å²) in [6.07, 6.45) is 4.28. The Hall–Kier alpha value is -3.33. The van der Waals surface area contributed by atoms with Gasteiger partial charge in [0.15, 0.2) is 5.82 Å². The molecule has 4 N–H and O–H groups in total. The van der Waals surface area contributed by atoms with Crippen molar-refractivity contribution in [1.82, 2.24) is 20.2 Å². The first-order chi connectivity index (χ1) is 15.5. The fraction of sp³-hybridized carbons (Fsp3) is 0.304. The largest absolute Gasteiger partial charge is 0.349 e. The number of nitrogens with one attached hydrogen (secondary N) is 2. The van der Waals surface area contributed by atoms with Crippen molar-refractivity contribution in [2.45, 2.75) is 43.8 Å². The maximum absolute atomic E-state index is 12.7. The number of nitrogen functional groups attached to an aromatic ring is 1. The van der Waals surface area contributed by atoms with Crippen molar-refractivity contribution in [2.24, 2.45) is 0 Å². The van der Waals surface area contributed by atoms with Crippen molar-refractivity contribution in [3.05, 3.63) is 59.7 Å². The molecule has 2 aromatic carbocycles. The van der Waals surface area contributed by atoms with Crippen molar-refractivity contribution in [3.8, 4) is 11.4 Å². The molecular weight excluding hydrogens is 424 g/mol. The maximum Gasteiger partial charge on any atom is 0.253 e. The molecule has 0 atom stereocenters. The van der Waals surface area contributed by atoms with E-state index in [9.17, 15) is 9.59 Å². The predicted molar refractivity (Wildman–Crippen MR) is 126 cm³/mol. The number of hydrogen-bond acceptors (Lipinski definition) is 6. The second kappa shape index (κ2) is 9.86. The van der Waals surface area contributed by atoms with Gasteiger partial charge in [0, 0.05) is 11.6 Å². The molecule has 4 rings (SSSR count). The minimum atomic E-state index is -0.254. The molecule has 0 saturated heterocycles. The van der Waals surface area contributed by atoms with E-state index in [1.54, 1.807) is 24.3 Å². The highest BCUT2D eigenvalue weighted by molar-refractivity contribution is 7.99. The molecule has 1 fully saturated rings. The molecule has 9 heteroatoms. The van der Waals surface area contributed by atoms with Gasteiger partial charge in [-0.2, -0.15) is 0 Å². The Bertz CT molecular complexity index is 1110. The van der Waals surface area contributed by atoms with Crippen molar-refractivity contribution in [1.29, 1.82) is 0 Å². The SMILES string of the molecule is Cc1ccc(-c2nnc(SCC(=O)Nc3ccccc3C(=O)NC3CCCC3)n2N)cc1. The number of carbonyl (C=O) groups excluding carboxylic acids is 2. The molecule has 166 valence electrons. The number of nitrogens with two attached hydrogens (primary N) is 1. The Balaban J connectivity index is 1.38. The molecule has 0 unspecified atom stereocenters. The number of rotatable bonds is 7. The van der Waals surface area contributed by atoms with Crippen LogP contribution in [0.5, 0.6) is 0 Å². The van der Waals surface area contributed by atoms with Gasteiger partial charge in [0.25, 0.3) is 5.91 Å². The third-order valence-corrected chi connectivity index (χ3v) is 6.39. The number of benzene rings is 2. The zero-order valence-corrected chi connectivity index (χ0v) is 18.7. The Morgan fingerprint density at radius 1 is 1.09 bits per heavy atom. The van der Waals surface area contributed by atoms with Gasteiger partial charge in [0.05, 0.1) is 17.0 Å². The summed E-state index contributed by atoms with van der Waals surface area (Å²) in [7, 11) is 0. The quantitative estimate of drug-likeness (QED) is 0.376. The number of thioether (sulfide) groups is 1. The van der Waals surface area contributed by atoms with Gasteiger partial charge in [0.1, 0.15) is 0 Å². The highest BCUT2D eigenvalue weighted by atomic mass is 32.2. The Morgan fingerprint density at radius 3 is 2.56 bits per heavy atom. The average molecular weight is 451 g/mol. The van der Waals surface area contributed by atoms with Gasteiger partial charge in [-0.25, -0.2) is 4.68 Å². The second-order valence-electron chi connectivity index (χ2n) is 7.88. The summed E-state index contributed by atoms with van der Waals surface area (Å²) in [5.41, 5.74) is 2.94. The van der Waals surface area contributed by atoms with Crippen LogP contribution < -0.4 is 16.5 Å². The van der Waals surface area contributed by atoms with E-state index in [-0.39, 0.29) is 23.6 Å². The van der Waals surface area contributed by atoms with Gasteiger partial charge < -0.3 is 16.5 Å². The van der Waals surface area contributed by atoms with Crippen molar-refractivity contribution in [2.75, 3.05) is 16.9 Å². The number of aromatic nitrogens is 3. The Labute approximate surface area is 191 Å². The van der Waals surface area contributed by atoms with Crippen LogP contribution in [0.3, 0.4) is 0 Å². The molecule has 1 heterocycles. The van der Waals surface area contributed by atoms with Crippen LogP contribution >= 0.6 is 11.8 Å². The van der Waals surface area contributed by atoms with Crippen LogP contribution in [0.4, 0.5) is 5.69 Å². The summed E-state index contributed by atoms with van der Waals surface area (Å²) in [6.45, 7) is 2.01. The number of carbonyl (C=O) groups is 2. The first-order valence-electron chi connectivity index (χ1n) is 10.6. The fourth-order valence-electron chi connectivity index (χ4n) is 3.71. The lowest BCUT2D eigenvalue weighted by Gasteiger charge is -2.15. The van der Waals surface area contributed by atoms with E-state index in [1.807, 2.05) is 31.2 Å². The highest BCUT2D eigenvalue weighted by Gasteiger charge is 2.20. The molecule has 0 radical (unpaired) electrons. The smallest absolute Gasteiger partial charge is 0.253 e. The molecule has 1 aliphatic rings.